The molecular weight excluding hydrogens is 240 g/mol. The Morgan fingerprint density at radius 2 is 1.68 bits per heavy atom. The Balaban J connectivity index is 1.89. The van der Waals surface area contributed by atoms with Crippen LogP contribution < -0.4 is 0 Å². The van der Waals surface area contributed by atoms with Gasteiger partial charge in [-0.1, -0.05) is 13.8 Å². The number of rotatable bonds is 3. The second-order valence-electron chi connectivity index (χ2n) is 6.31. The average Bonchev–Trinajstić information content (AvgIpc) is 2.91. The average molecular weight is 266 g/mol. The van der Waals surface area contributed by atoms with Crippen LogP contribution in [0, 0.1) is 11.8 Å². The van der Waals surface area contributed by atoms with Gasteiger partial charge >= 0.3 is 0 Å². The number of likely N-dealkylation sites (tertiary alicyclic amines) is 2. The van der Waals surface area contributed by atoms with E-state index >= 15 is 0 Å². The highest BCUT2D eigenvalue weighted by Gasteiger charge is 2.32. The quantitative estimate of drug-likeness (QED) is 0.782. The highest BCUT2D eigenvalue weighted by atomic mass is 16.2. The molecule has 2 rings (SSSR count). The Hall–Kier alpha value is -1.06. The molecule has 0 aromatic rings. The zero-order chi connectivity index (χ0) is 13.8. The van der Waals surface area contributed by atoms with Crippen molar-refractivity contribution >= 4 is 11.8 Å². The first-order chi connectivity index (χ1) is 9.08. The van der Waals surface area contributed by atoms with Gasteiger partial charge < -0.3 is 9.80 Å². The van der Waals surface area contributed by atoms with Gasteiger partial charge in [-0.2, -0.15) is 0 Å². The van der Waals surface area contributed by atoms with E-state index in [0.29, 0.717) is 18.9 Å². The van der Waals surface area contributed by atoms with Crippen LogP contribution in [0.1, 0.15) is 46.0 Å². The van der Waals surface area contributed by atoms with Gasteiger partial charge in [-0.3, -0.25) is 9.59 Å². The Kier molecular flexibility index (Phi) is 4.83. The molecule has 2 heterocycles. The van der Waals surface area contributed by atoms with Crippen LogP contribution in [0.4, 0.5) is 0 Å². The van der Waals surface area contributed by atoms with Crippen LogP contribution >= 0.6 is 0 Å². The molecular formula is C15H26N2O2. The van der Waals surface area contributed by atoms with Crippen molar-refractivity contribution in [3.8, 4) is 0 Å². The molecule has 0 radical (unpaired) electrons. The van der Waals surface area contributed by atoms with Gasteiger partial charge in [-0.15, -0.1) is 0 Å². The molecule has 0 saturated carbocycles. The first-order valence-corrected chi connectivity index (χ1v) is 7.64. The molecule has 2 fully saturated rings. The first kappa shape index (κ1) is 14.4. The summed E-state index contributed by atoms with van der Waals surface area (Å²) < 4.78 is 0. The number of hydrogen-bond acceptors (Lipinski definition) is 2. The molecule has 0 aromatic heterocycles. The number of hydrogen-bond donors (Lipinski definition) is 0. The van der Waals surface area contributed by atoms with Gasteiger partial charge in [0.2, 0.25) is 11.8 Å². The van der Waals surface area contributed by atoms with Crippen LogP contribution in [0.3, 0.4) is 0 Å². The van der Waals surface area contributed by atoms with E-state index in [1.165, 1.54) is 0 Å². The van der Waals surface area contributed by atoms with Crippen molar-refractivity contribution in [2.75, 3.05) is 26.2 Å². The van der Waals surface area contributed by atoms with Gasteiger partial charge in [-0.05, 0) is 31.6 Å². The minimum absolute atomic E-state index is 0.0444. The highest BCUT2D eigenvalue weighted by Crippen LogP contribution is 2.22. The van der Waals surface area contributed by atoms with Crippen molar-refractivity contribution in [2.24, 2.45) is 11.8 Å². The highest BCUT2D eigenvalue weighted by molar-refractivity contribution is 5.81. The summed E-state index contributed by atoms with van der Waals surface area (Å²) in [4.78, 5) is 28.4. The maximum atomic E-state index is 12.4. The van der Waals surface area contributed by atoms with E-state index in [0.717, 1.165) is 45.3 Å². The maximum absolute atomic E-state index is 12.4. The number of piperidine rings is 1. The summed E-state index contributed by atoms with van der Waals surface area (Å²) in [6.45, 7) is 7.42. The summed E-state index contributed by atoms with van der Waals surface area (Å²) in [6, 6.07) is 0. The first-order valence-electron chi connectivity index (χ1n) is 7.64. The molecule has 0 N–H and O–H groups in total. The lowest BCUT2D eigenvalue weighted by Gasteiger charge is -2.34. The van der Waals surface area contributed by atoms with Crippen molar-refractivity contribution in [3.05, 3.63) is 0 Å². The lowest BCUT2D eigenvalue weighted by Crippen LogP contribution is -2.46. The Bertz CT molecular complexity index is 335. The van der Waals surface area contributed by atoms with Gasteiger partial charge in [0.25, 0.3) is 0 Å². The van der Waals surface area contributed by atoms with Crippen molar-refractivity contribution in [1.82, 2.24) is 9.80 Å². The van der Waals surface area contributed by atoms with Crippen LogP contribution in [-0.2, 0) is 9.59 Å². The van der Waals surface area contributed by atoms with Gasteiger partial charge in [0.1, 0.15) is 0 Å². The van der Waals surface area contributed by atoms with E-state index in [-0.39, 0.29) is 17.7 Å². The Morgan fingerprint density at radius 1 is 1.05 bits per heavy atom. The normalized spacial score (nSPS) is 24.1. The van der Waals surface area contributed by atoms with Crippen molar-refractivity contribution in [3.63, 3.8) is 0 Å². The smallest absolute Gasteiger partial charge is 0.227 e. The second-order valence-corrected chi connectivity index (χ2v) is 6.31. The third-order valence-corrected chi connectivity index (χ3v) is 4.12. The summed E-state index contributed by atoms with van der Waals surface area (Å²) in [5.74, 6) is 0.929. The summed E-state index contributed by atoms with van der Waals surface area (Å²) >= 11 is 0. The van der Waals surface area contributed by atoms with Gasteiger partial charge in [0.05, 0.1) is 5.92 Å². The maximum Gasteiger partial charge on any atom is 0.227 e. The molecule has 1 atom stereocenters. The second kappa shape index (κ2) is 6.40. The minimum atomic E-state index is 0.0444. The van der Waals surface area contributed by atoms with Crippen LogP contribution in [0.5, 0.6) is 0 Å². The van der Waals surface area contributed by atoms with E-state index in [1.807, 2.05) is 9.80 Å². The standard InChI is InChI=1S/C15H26N2O2/c1-12(2)10-14(18)17-9-5-6-13(11-17)15(19)16-7-3-4-8-16/h12-13H,3-11H2,1-2H3/t13-/m0/s1. The topological polar surface area (TPSA) is 40.6 Å². The van der Waals surface area contributed by atoms with E-state index in [9.17, 15) is 9.59 Å². The molecule has 2 aliphatic rings. The van der Waals surface area contributed by atoms with Crippen molar-refractivity contribution in [1.29, 1.82) is 0 Å². The number of carbonyl (C=O) groups excluding carboxylic acids is 2. The summed E-state index contributed by atoms with van der Waals surface area (Å²) in [7, 11) is 0. The molecule has 4 nitrogen and oxygen atoms in total. The van der Waals surface area contributed by atoms with E-state index in [4.69, 9.17) is 0 Å². The third-order valence-electron chi connectivity index (χ3n) is 4.12. The largest absolute Gasteiger partial charge is 0.342 e. The molecule has 2 amide bonds. The predicted molar refractivity (Wildman–Crippen MR) is 74.6 cm³/mol. The number of carbonyl (C=O) groups is 2. The van der Waals surface area contributed by atoms with Gasteiger partial charge in [0.15, 0.2) is 0 Å². The molecule has 0 aromatic carbocycles. The molecule has 19 heavy (non-hydrogen) atoms. The monoisotopic (exact) mass is 266 g/mol. The van der Waals surface area contributed by atoms with E-state index in [1.54, 1.807) is 0 Å². The van der Waals surface area contributed by atoms with E-state index < -0.39 is 0 Å². The zero-order valence-corrected chi connectivity index (χ0v) is 12.2. The van der Waals surface area contributed by atoms with Gasteiger partial charge in [0, 0.05) is 32.6 Å². The predicted octanol–water partition coefficient (Wildman–Crippen LogP) is 1.89. The van der Waals surface area contributed by atoms with Gasteiger partial charge in [-0.25, -0.2) is 0 Å². The minimum Gasteiger partial charge on any atom is -0.342 e. The van der Waals surface area contributed by atoms with Crippen LogP contribution in [0.15, 0.2) is 0 Å². The fraction of sp³-hybridized carbons (Fsp3) is 0.867. The van der Waals surface area contributed by atoms with Crippen LogP contribution in [0.2, 0.25) is 0 Å². The molecule has 0 spiro atoms. The van der Waals surface area contributed by atoms with Crippen molar-refractivity contribution in [2.45, 2.75) is 46.0 Å². The number of nitrogens with zero attached hydrogens (tertiary/aromatic N) is 2. The summed E-state index contributed by atoms with van der Waals surface area (Å²) in [6.07, 6.45) is 4.78. The molecule has 2 saturated heterocycles. The molecule has 0 unspecified atom stereocenters. The fourth-order valence-electron chi connectivity index (χ4n) is 3.08. The number of amides is 2. The lowest BCUT2D eigenvalue weighted by molar-refractivity contribution is -0.140. The lowest BCUT2D eigenvalue weighted by atomic mass is 9.95. The van der Waals surface area contributed by atoms with Crippen LogP contribution in [-0.4, -0.2) is 47.8 Å². The summed E-state index contributed by atoms with van der Waals surface area (Å²) in [5.41, 5.74) is 0. The third kappa shape index (κ3) is 3.71. The molecule has 4 heteroatoms. The molecule has 0 aliphatic carbocycles. The summed E-state index contributed by atoms with van der Waals surface area (Å²) in [5, 5.41) is 0. The van der Waals surface area contributed by atoms with Crippen molar-refractivity contribution < 1.29 is 9.59 Å². The molecule has 2 aliphatic heterocycles. The molecule has 108 valence electrons. The Morgan fingerprint density at radius 3 is 2.32 bits per heavy atom. The zero-order valence-electron chi connectivity index (χ0n) is 12.2. The Labute approximate surface area is 116 Å². The van der Waals surface area contributed by atoms with Crippen LogP contribution in [0.25, 0.3) is 0 Å². The molecule has 0 bridgehead atoms. The SMILES string of the molecule is CC(C)CC(=O)N1CCC[C@H](C(=O)N2CCCC2)C1. The fourth-order valence-corrected chi connectivity index (χ4v) is 3.08. The van der Waals surface area contributed by atoms with E-state index in [2.05, 4.69) is 13.8 Å².